The highest BCUT2D eigenvalue weighted by atomic mass is 32.2. The molecule has 1 heterocycles. The van der Waals surface area contributed by atoms with Crippen LogP contribution in [0.4, 0.5) is 15.5 Å². The van der Waals surface area contributed by atoms with Crippen LogP contribution in [0.2, 0.25) is 0 Å². The minimum atomic E-state index is -3.83. The number of anilines is 2. The van der Waals surface area contributed by atoms with Crippen LogP contribution in [-0.4, -0.2) is 32.9 Å². The molecule has 3 aromatic rings. The Hall–Kier alpha value is -3.70. The molecule has 4 rings (SSSR count). The highest BCUT2D eigenvalue weighted by Crippen LogP contribution is 2.38. The van der Waals surface area contributed by atoms with Crippen molar-refractivity contribution in [1.29, 1.82) is 0 Å². The number of benzene rings is 2. The average Bonchev–Trinajstić information content (AvgIpc) is 3.22. The molecule has 0 fully saturated rings. The highest BCUT2D eigenvalue weighted by molar-refractivity contribution is 7.92. The Balaban J connectivity index is 1.57. The van der Waals surface area contributed by atoms with Gasteiger partial charge in [-0.05, 0) is 68.5 Å². The predicted molar refractivity (Wildman–Crippen MR) is 137 cm³/mol. The molecule has 0 bridgehead atoms. The number of alkyl carbamates (subject to hydrolysis) is 1. The fraction of sp³-hybridized carbons (Fsp3) is 0.240. The molecule has 1 aliphatic rings. The van der Waals surface area contributed by atoms with Crippen molar-refractivity contribution in [2.45, 2.75) is 37.5 Å². The number of fused-ring (bicyclic) bond motifs is 1. The SMILES string of the molecule is CCOC(=O)NC(=O)c1c(NC(=O)c2cccc(NS(=O)(=O)c3ccccc3)c2)sc2c1CCCC2. The van der Waals surface area contributed by atoms with Gasteiger partial charge in [-0.3, -0.25) is 19.6 Å². The molecule has 0 saturated carbocycles. The monoisotopic (exact) mass is 527 g/mol. The number of carbonyl (C=O) groups is 3. The molecule has 2 aromatic carbocycles. The van der Waals surface area contributed by atoms with Crippen molar-refractivity contribution in [3.63, 3.8) is 0 Å². The number of carbonyl (C=O) groups excluding carboxylic acids is 3. The first kappa shape index (κ1) is 25.4. The van der Waals surface area contributed by atoms with Crippen LogP contribution in [0, 0.1) is 0 Å². The number of rotatable bonds is 7. The van der Waals surface area contributed by atoms with Crippen molar-refractivity contribution < 1.29 is 27.5 Å². The molecule has 0 spiro atoms. The van der Waals surface area contributed by atoms with E-state index in [2.05, 4.69) is 15.4 Å². The molecule has 0 radical (unpaired) electrons. The van der Waals surface area contributed by atoms with E-state index < -0.39 is 27.9 Å². The number of aryl methyl sites for hydroxylation is 1. The van der Waals surface area contributed by atoms with Crippen LogP contribution in [0.25, 0.3) is 0 Å². The second-order valence-corrected chi connectivity index (χ2v) is 10.8. The first-order valence-corrected chi connectivity index (χ1v) is 13.7. The average molecular weight is 528 g/mol. The molecular formula is C25H25N3O6S2. The summed E-state index contributed by atoms with van der Waals surface area (Å²) in [7, 11) is -3.83. The molecule has 0 aliphatic heterocycles. The Bertz CT molecular complexity index is 1400. The van der Waals surface area contributed by atoms with Crippen LogP contribution in [-0.2, 0) is 27.6 Å². The van der Waals surface area contributed by atoms with Gasteiger partial charge in [0.15, 0.2) is 0 Å². The molecule has 36 heavy (non-hydrogen) atoms. The molecule has 0 atom stereocenters. The number of ether oxygens (including phenoxy) is 1. The summed E-state index contributed by atoms with van der Waals surface area (Å²) in [5, 5.41) is 5.33. The largest absolute Gasteiger partial charge is 0.450 e. The van der Waals surface area contributed by atoms with Gasteiger partial charge in [-0.2, -0.15) is 0 Å². The van der Waals surface area contributed by atoms with Gasteiger partial charge in [0, 0.05) is 16.1 Å². The number of imide groups is 1. The van der Waals surface area contributed by atoms with Crippen LogP contribution >= 0.6 is 11.3 Å². The Morgan fingerprint density at radius 1 is 0.972 bits per heavy atom. The smallest absolute Gasteiger partial charge is 0.414 e. The van der Waals surface area contributed by atoms with Crippen molar-refractivity contribution in [1.82, 2.24) is 5.32 Å². The van der Waals surface area contributed by atoms with E-state index in [-0.39, 0.29) is 28.3 Å². The molecule has 0 unspecified atom stereocenters. The fourth-order valence-corrected chi connectivity index (χ4v) is 6.28. The number of amides is 3. The number of nitrogens with one attached hydrogen (secondary N) is 3. The molecule has 3 N–H and O–H groups in total. The third kappa shape index (κ3) is 5.74. The summed E-state index contributed by atoms with van der Waals surface area (Å²) < 4.78 is 32.6. The predicted octanol–water partition coefficient (Wildman–Crippen LogP) is 4.57. The highest BCUT2D eigenvalue weighted by Gasteiger charge is 2.28. The Labute approximate surface area is 212 Å². The van der Waals surface area contributed by atoms with Gasteiger partial charge < -0.3 is 10.1 Å². The molecule has 1 aromatic heterocycles. The van der Waals surface area contributed by atoms with E-state index in [0.29, 0.717) is 11.4 Å². The summed E-state index contributed by atoms with van der Waals surface area (Å²) in [6, 6.07) is 14.0. The van der Waals surface area contributed by atoms with Gasteiger partial charge in [0.2, 0.25) is 0 Å². The third-order valence-electron chi connectivity index (χ3n) is 5.55. The van der Waals surface area contributed by atoms with Gasteiger partial charge in [-0.1, -0.05) is 24.3 Å². The van der Waals surface area contributed by atoms with E-state index in [4.69, 9.17) is 4.74 Å². The lowest BCUT2D eigenvalue weighted by atomic mass is 9.95. The van der Waals surface area contributed by atoms with Gasteiger partial charge in [0.05, 0.1) is 17.1 Å². The number of hydrogen-bond acceptors (Lipinski definition) is 7. The summed E-state index contributed by atoms with van der Waals surface area (Å²) in [6.45, 7) is 1.76. The first-order chi connectivity index (χ1) is 17.3. The van der Waals surface area contributed by atoms with Crippen LogP contribution < -0.4 is 15.4 Å². The molecule has 9 nitrogen and oxygen atoms in total. The van der Waals surface area contributed by atoms with Crippen molar-refractivity contribution in [3.05, 3.63) is 76.2 Å². The molecule has 3 amide bonds. The van der Waals surface area contributed by atoms with Crippen molar-refractivity contribution in [2.75, 3.05) is 16.6 Å². The molecule has 0 saturated heterocycles. The Morgan fingerprint density at radius 2 is 1.72 bits per heavy atom. The zero-order valence-electron chi connectivity index (χ0n) is 19.5. The van der Waals surface area contributed by atoms with E-state index in [1.807, 2.05) is 0 Å². The maximum atomic E-state index is 13.1. The Morgan fingerprint density at radius 3 is 2.47 bits per heavy atom. The van der Waals surface area contributed by atoms with Gasteiger partial charge >= 0.3 is 6.09 Å². The normalized spacial score (nSPS) is 12.8. The molecule has 188 valence electrons. The van der Waals surface area contributed by atoms with E-state index in [0.717, 1.165) is 29.7 Å². The number of thiophene rings is 1. The van der Waals surface area contributed by atoms with E-state index in [1.165, 1.54) is 29.5 Å². The van der Waals surface area contributed by atoms with E-state index in [1.54, 1.807) is 43.3 Å². The van der Waals surface area contributed by atoms with Gasteiger partial charge in [0.1, 0.15) is 5.00 Å². The van der Waals surface area contributed by atoms with Crippen LogP contribution in [0.3, 0.4) is 0 Å². The maximum Gasteiger partial charge on any atom is 0.414 e. The lowest BCUT2D eigenvalue weighted by Gasteiger charge is -2.13. The lowest BCUT2D eigenvalue weighted by Crippen LogP contribution is -2.32. The van der Waals surface area contributed by atoms with Crippen LogP contribution in [0.15, 0.2) is 59.5 Å². The molecular weight excluding hydrogens is 502 g/mol. The zero-order chi connectivity index (χ0) is 25.7. The maximum absolute atomic E-state index is 13.1. The second-order valence-electron chi connectivity index (χ2n) is 8.04. The molecule has 1 aliphatic carbocycles. The van der Waals surface area contributed by atoms with Gasteiger partial charge in [-0.25, -0.2) is 13.2 Å². The summed E-state index contributed by atoms with van der Waals surface area (Å²) >= 11 is 1.31. The second kappa shape index (κ2) is 10.9. The van der Waals surface area contributed by atoms with Crippen molar-refractivity contribution in [2.24, 2.45) is 0 Å². The van der Waals surface area contributed by atoms with Gasteiger partial charge in [-0.15, -0.1) is 11.3 Å². The van der Waals surface area contributed by atoms with E-state index >= 15 is 0 Å². The summed E-state index contributed by atoms with van der Waals surface area (Å²) in [4.78, 5) is 38.9. The van der Waals surface area contributed by atoms with Crippen LogP contribution in [0.5, 0.6) is 0 Å². The summed E-state index contributed by atoms with van der Waals surface area (Å²) in [5.74, 6) is -1.15. The third-order valence-corrected chi connectivity index (χ3v) is 8.15. The lowest BCUT2D eigenvalue weighted by molar-refractivity contribution is 0.0925. The minimum Gasteiger partial charge on any atom is -0.450 e. The zero-order valence-corrected chi connectivity index (χ0v) is 21.1. The Kier molecular flexibility index (Phi) is 7.70. The molecule has 11 heteroatoms. The van der Waals surface area contributed by atoms with Crippen molar-refractivity contribution in [3.8, 4) is 0 Å². The first-order valence-electron chi connectivity index (χ1n) is 11.4. The summed E-state index contributed by atoms with van der Waals surface area (Å²) in [6.07, 6.45) is 2.48. The fourth-order valence-electron chi connectivity index (χ4n) is 3.93. The van der Waals surface area contributed by atoms with Gasteiger partial charge in [0.25, 0.3) is 21.8 Å². The van der Waals surface area contributed by atoms with Crippen molar-refractivity contribution >= 4 is 50.0 Å². The minimum absolute atomic E-state index is 0.0984. The number of sulfonamides is 1. The van der Waals surface area contributed by atoms with Crippen LogP contribution in [0.1, 0.15) is 50.9 Å². The van der Waals surface area contributed by atoms with E-state index in [9.17, 15) is 22.8 Å². The number of hydrogen-bond donors (Lipinski definition) is 3. The quantitative estimate of drug-likeness (QED) is 0.413. The standard InChI is InChI=1S/C25H25N3O6S2/c1-2-34-25(31)27-23(30)21-19-13-6-7-14-20(19)35-24(21)26-22(29)16-9-8-10-17(15-16)28-36(32,33)18-11-4-3-5-12-18/h3-5,8-12,15,28H,2,6-7,13-14H2,1H3,(H,26,29)(H,27,30,31). The summed E-state index contributed by atoms with van der Waals surface area (Å²) in [5.41, 5.74) is 1.51. The topological polar surface area (TPSA) is 131 Å².